The molecule has 0 bridgehead atoms. The topological polar surface area (TPSA) is 114 Å². The maximum Gasteiger partial charge on any atom is 0.406 e. The minimum Gasteiger partial charge on any atom is -0.480 e. The third-order valence-corrected chi connectivity index (χ3v) is 6.54. The minimum absolute atomic E-state index is 0.114. The van der Waals surface area contributed by atoms with Gasteiger partial charge in [-0.1, -0.05) is 60.7 Å². The van der Waals surface area contributed by atoms with Gasteiger partial charge >= 0.3 is 13.7 Å². The van der Waals surface area contributed by atoms with Crippen LogP contribution in [0.5, 0.6) is 0 Å². The molecule has 2 rings (SSSR count). The zero-order valence-corrected chi connectivity index (χ0v) is 20.3. The van der Waals surface area contributed by atoms with Crippen LogP contribution in [0.25, 0.3) is 0 Å². The third-order valence-electron chi connectivity index (χ3n) is 4.51. The number of carboxylic acid groups (broad SMARTS) is 1. The molecule has 8 nitrogen and oxygen atoms in total. The molecule has 0 saturated heterocycles. The van der Waals surface area contributed by atoms with E-state index < -0.39 is 43.9 Å². The molecule has 1 amide bonds. The molecule has 33 heavy (non-hydrogen) atoms. The molecule has 2 atom stereocenters. The van der Waals surface area contributed by atoms with E-state index in [0.717, 1.165) is 11.1 Å². The van der Waals surface area contributed by atoms with Gasteiger partial charge in [0, 0.05) is 6.42 Å². The van der Waals surface area contributed by atoms with Crippen LogP contribution in [0.2, 0.25) is 0 Å². The highest BCUT2D eigenvalue weighted by Gasteiger charge is 2.35. The number of carboxylic acids is 1. The fourth-order valence-corrected chi connectivity index (χ4v) is 5.07. The highest BCUT2D eigenvalue weighted by Crippen LogP contribution is 2.47. The van der Waals surface area contributed by atoms with Gasteiger partial charge in [-0.05, 0) is 45.2 Å². The van der Waals surface area contributed by atoms with Gasteiger partial charge in [0.25, 0.3) is 0 Å². The molecule has 2 aromatic rings. The number of hydrogen-bond acceptors (Lipinski definition) is 5. The standard InChI is InChI=1S/C24H33N2O6P/c1-17(2)31-33(30,32-18(3)4)26-21(15-19-11-7-5-8-12-19)23(27)25-22(24(28)29)16-20-13-9-6-10-14-20/h5-14,17-18,21-22H,15-16H2,1-4H3,(H,25,27)(H,26,30)(H,28,29)/t21-,22-/m0/s1. The van der Waals surface area contributed by atoms with Gasteiger partial charge in [0.1, 0.15) is 12.1 Å². The van der Waals surface area contributed by atoms with Gasteiger partial charge in [0.15, 0.2) is 0 Å². The number of aliphatic carboxylic acids is 1. The second-order valence-corrected chi connectivity index (χ2v) is 9.94. The molecule has 0 radical (unpaired) electrons. The predicted octanol–water partition coefficient (Wildman–Crippen LogP) is 3.96. The fourth-order valence-electron chi connectivity index (χ4n) is 3.20. The summed E-state index contributed by atoms with van der Waals surface area (Å²) < 4.78 is 24.5. The van der Waals surface area contributed by atoms with Crippen LogP contribution < -0.4 is 10.4 Å². The molecular weight excluding hydrogens is 443 g/mol. The van der Waals surface area contributed by atoms with E-state index in [2.05, 4.69) is 10.4 Å². The molecule has 9 heteroatoms. The van der Waals surface area contributed by atoms with Crippen LogP contribution in [-0.2, 0) is 36.0 Å². The lowest BCUT2D eigenvalue weighted by Gasteiger charge is -2.28. The molecule has 3 N–H and O–H groups in total. The lowest BCUT2D eigenvalue weighted by molar-refractivity contribution is -0.142. The zero-order chi connectivity index (χ0) is 24.4. The smallest absolute Gasteiger partial charge is 0.406 e. The number of benzene rings is 2. The Kier molecular flexibility index (Phi) is 10.3. The molecule has 0 fully saturated rings. The Morgan fingerprint density at radius 2 is 1.24 bits per heavy atom. The minimum atomic E-state index is -3.87. The monoisotopic (exact) mass is 476 g/mol. The van der Waals surface area contributed by atoms with E-state index in [1.807, 2.05) is 36.4 Å². The number of nitrogens with one attached hydrogen (secondary N) is 2. The summed E-state index contributed by atoms with van der Waals surface area (Å²) in [5.74, 6) is -1.77. The second kappa shape index (κ2) is 12.7. The number of rotatable bonds is 13. The van der Waals surface area contributed by atoms with Crippen molar-refractivity contribution in [3.05, 3.63) is 71.8 Å². The van der Waals surface area contributed by atoms with Crippen LogP contribution in [0.1, 0.15) is 38.8 Å². The molecule has 0 aliphatic carbocycles. The van der Waals surface area contributed by atoms with E-state index in [1.54, 1.807) is 52.0 Å². The molecule has 180 valence electrons. The third kappa shape index (κ3) is 9.48. The van der Waals surface area contributed by atoms with Crippen molar-refractivity contribution in [1.29, 1.82) is 0 Å². The van der Waals surface area contributed by atoms with Gasteiger partial charge in [-0.15, -0.1) is 0 Å². The van der Waals surface area contributed by atoms with Crippen LogP contribution in [0, 0.1) is 0 Å². The van der Waals surface area contributed by atoms with Crippen LogP contribution >= 0.6 is 7.75 Å². The van der Waals surface area contributed by atoms with Crippen molar-refractivity contribution in [3.63, 3.8) is 0 Å². The van der Waals surface area contributed by atoms with Crippen molar-refractivity contribution in [2.75, 3.05) is 0 Å². The molecule has 0 aliphatic rings. The number of carbonyl (C=O) groups is 2. The van der Waals surface area contributed by atoms with Crippen molar-refractivity contribution in [3.8, 4) is 0 Å². The Hall–Kier alpha value is -2.51. The van der Waals surface area contributed by atoms with Gasteiger partial charge in [0.2, 0.25) is 5.91 Å². The predicted molar refractivity (Wildman–Crippen MR) is 127 cm³/mol. The first-order valence-corrected chi connectivity index (χ1v) is 12.5. The normalized spacial score (nSPS) is 13.6. The Balaban J connectivity index is 2.27. The highest BCUT2D eigenvalue weighted by atomic mass is 31.2. The molecule has 0 spiro atoms. The van der Waals surface area contributed by atoms with E-state index in [0.29, 0.717) is 0 Å². The van der Waals surface area contributed by atoms with Crippen LogP contribution in [-0.4, -0.2) is 41.3 Å². The Bertz CT molecular complexity index is 922. The van der Waals surface area contributed by atoms with E-state index >= 15 is 0 Å². The lowest BCUT2D eigenvalue weighted by atomic mass is 10.0. The molecule has 2 aromatic carbocycles. The van der Waals surface area contributed by atoms with Crippen molar-refractivity contribution >= 4 is 19.6 Å². The Labute approximate surface area is 195 Å². The zero-order valence-electron chi connectivity index (χ0n) is 19.4. The summed E-state index contributed by atoms with van der Waals surface area (Å²) in [7, 11) is -3.87. The van der Waals surface area contributed by atoms with E-state index in [9.17, 15) is 19.3 Å². The van der Waals surface area contributed by atoms with E-state index in [-0.39, 0.29) is 12.8 Å². The molecular formula is C24H33N2O6P. The SMILES string of the molecule is CC(C)OP(=O)(N[C@@H](Cc1ccccc1)C(=O)N[C@@H](Cc1ccccc1)C(=O)O)OC(C)C. The number of amides is 1. The van der Waals surface area contributed by atoms with E-state index in [4.69, 9.17) is 9.05 Å². The number of hydrogen-bond donors (Lipinski definition) is 3. The quantitative estimate of drug-likeness (QED) is 0.375. The van der Waals surface area contributed by atoms with Crippen molar-refractivity contribution in [2.45, 2.75) is 64.8 Å². The molecule has 0 unspecified atom stereocenters. The van der Waals surface area contributed by atoms with Crippen molar-refractivity contribution in [1.82, 2.24) is 10.4 Å². The maximum absolute atomic E-state index is 13.4. The van der Waals surface area contributed by atoms with Crippen LogP contribution in [0.15, 0.2) is 60.7 Å². The largest absolute Gasteiger partial charge is 0.480 e. The Morgan fingerprint density at radius 3 is 1.64 bits per heavy atom. The molecule has 0 saturated carbocycles. The summed E-state index contributed by atoms with van der Waals surface area (Å²) in [4.78, 5) is 25.1. The fraction of sp³-hybridized carbons (Fsp3) is 0.417. The van der Waals surface area contributed by atoms with Gasteiger partial charge in [0.05, 0.1) is 12.2 Å². The van der Waals surface area contributed by atoms with Gasteiger partial charge in [-0.2, -0.15) is 0 Å². The first kappa shape index (κ1) is 26.7. The van der Waals surface area contributed by atoms with Crippen molar-refractivity contribution < 1.29 is 28.3 Å². The first-order valence-electron chi connectivity index (χ1n) is 10.9. The van der Waals surface area contributed by atoms with Gasteiger partial charge in [-0.3, -0.25) is 13.8 Å². The summed E-state index contributed by atoms with van der Waals surface area (Å²) in [5, 5.41) is 15.0. The summed E-state index contributed by atoms with van der Waals surface area (Å²) in [6, 6.07) is 16.0. The molecule has 0 aromatic heterocycles. The lowest BCUT2D eigenvalue weighted by Crippen LogP contribution is -2.51. The van der Waals surface area contributed by atoms with Gasteiger partial charge in [-0.25, -0.2) is 14.4 Å². The van der Waals surface area contributed by atoms with E-state index in [1.165, 1.54) is 0 Å². The summed E-state index contributed by atoms with van der Waals surface area (Å²) >= 11 is 0. The van der Waals surface area contributed by atoms with Crippen molar-refractivity contribution in [2.24, 2.45) is 0 Å². The average molecular weight is 477 g/mol. The molecule has 0 heterocycles. The average Bonchev–Trinajstić information content (AvgIpc) is 2.72. The summed E-state index contributed by atoms with van der Waals surface area (Å²) in [5.41, 5.74) is 1.58. The summed E-state index contributed by atoms with van der Waals surface area (Å²) in [6.45, 7) is 6.85. The summed E-state index contributed by atoms with van der Waals surface area (Å²) in [6.07, 6.45) is -0.570. The number of carbonyl (C=O) groups excluding carboxylic acids is 1. The Morgan fingerprint density at radius 1 is 0.818 bits per heavy atom. The van der Waals surface area contributed by atoms with Crippen LogP contribution in [0.4, 0.5) is 0 Å². The van der Waals surface area contributed by atoms with Gasteiger partial charge < -0.3 is 10.4 Å². The highest BCUT2D eigenvalue weighted by molar-refractivity contribution is 7.51. The maximum atomic E-state index is 13.4. The second-order valence-electron chi connectivity index (χ2n) is 8.27. The molecule has 0 aliphatic heterocycles. The van der Waals surface area contributed by atoms with Crippen LogP contribution in [0.3, 0.4) is 0 Å². The first-order chi connectivity index (χ1) is 15.6.